The van der Waals surface area contributed by atoms with Crippen LogP contribution in [0.4, 0.5) is 4.79 Å². The van der Waals surface area contributed by atoms with E-state index in [9.17, 15) is 4.79 Å². The molecule has 2 atom stereocenters. The molecule has 1 aromatic rings. The molecule has 0 bridgehead atoms. The van der Waals surface area contributed by atoms with Crippen molar-refractivity contribution in [3.05, 3.63) is 24.2 Å². The predicted octanol–water partition coefficient (Wildman–Crippen LogP) is 3.75. The molecule has 2 unspecified atom stereocenters. The third-order valence-corrected chi connectivity index (χ3v) is 5.14. The number of carbonyl (C=O) groups is 1. The molecule has 0 saturated carbocycles. The molecule has 0 aromatic carbocycles. The highest BCUT2D eigenvalue weighted by Gasteiger charge is 2.26. The Morgan fingerprint density at radius 2 is 1.87 bits per heavy atom. The Kier molecular flexibility index (Phi) is 11.7. The monoisotopic (exact) mass is 549 g/mol. The van der Waals surface area contributed by atoms with E-state index in [4.69, 9.17) is 9.15 Å². The van der Waals surface area contributed by atoms with Crippen LogP contribution in [0.1, 0.15) is 59.3 Å². The Labute approximate surface area is 204 Å². The van der Waals surface area contributed by atoms with Gasteiger partial charge in [-0.05, 0) is 64.8 Å². The molecule has 1 amide bonds. The van der Waals surface area contributed by atoms with Crippen LogP contribution in [0.25, 0.3) is 0 Å². The molecular formula is C22H40IN5O3. The summed E-state index contributed by atoms with van der Waals surface area (Å²) in [5.74, 6) is 1.90. The first-order valence-electron chi connectivity index (χ1n) is 10.9. The SMILES string of the molecule is CN=C(NCC(NC(=O)OC(C)(C)C)C(C)C)NCC(c1ccco1)N1CCCC1.I. The molecule has 8 nitrogen and oxygen atoms in total. The number of nitrogens with one attached hydrogen (secondary N) is 3. The molecule has 2 rings (SSSR count). The Morgan fingerprint density at radius 1 is 1.23 bits per heavy atom. The molecular weight excluding hydrogens is 509 g/mol. The van der Waals surface area contributed by atoms with Crippen LogP contribution in [0.15, 0.2) is 27.8 Å². The number of likely N-dealkylation sites (tertiary alicyclic amines) is 1. The van der Waals surface area contributed by atoms with Crippen LogP contribution in [0.3, 0.4) is 0 Å². The highest BCUT2D eigenvalue weighted by atomic mass is 127. The van der Waals surface area contributed by atoms with E-state index in [0.717, 1.165) is 18.8 Å². The van der Waals surface area contributed by atoms with Crippen molar-refractivity contribution in [2.75, 3.05) is 33.2 Å². The quantitative estimate of drug-likeness (QED) is 0.260. The number of halogens is 1. The maximum absolute atomic E-state index is 12.2. The molecule has 9 heteroatoms. The Morgan fingerprint density at radius 3 is 2.39 bits per heavy atom. The maximum atomic E-state index is 12.2. The molecule has 2 heterocycles. The topological polar surface area (TPSA) is 91.1 Å². The fraction of sp³-hybridized carbons (Fsp3) is 0.727. The summed E-state index contributed by atoms with van der Waals surface area (Å²) in [5, 5.41) is 9.70. The van der Waals surface area contributed by atoms with Crippen LogP contribution in [0.2, 0.25) is 0 Å². The molecule has 178 valence electrons. The van der Waals surface area contributed by atoms with Gasteiger partial charge in [0.25, 0.3) is 0 Å². The van der Waals surface area contributed by atoms with E-state index in [1.54, 1.807) is 13.3 Å². The third-order valence-electron chi connectivity index (χ3n) is 5.14. The van der Waals surface area contributed by atoms with Crippen molar-refractivity contribution in [1.29, 1.82) is 0 Å². The molecule has 1 aromatic heterocycles. The van der Waals surface area contributed by atoms with Crippen molar-refractivity contribution < 1.29 is 13.9 Å². The van der Waals surface area contributed by atoms with Gasteiger partial charge in [0.05, 0.1) is 18.3 Å². The second-order valence-corrected chi connectivity index (χ2v) is 9.11. The number of alkyl carbamates (subject to hydrolysis) is 1. The van der Waals surface area contributed by atoms with Crippen LogP contribution >= 0.6 is 24.0 Å². The molecule has 3 N–H and O–H groups in total. The van der Waals surface area contributed by atoms with E-state index in [-0.39, 0.29) is 42.0 Å². The van der Waals surface area contributed by atoms with E-state index < -0.39 is 11.7 Å². The van der Waals surface area contributed by atoms with Gasteiger partial charge in [0.1, 0.15) is 11.4 Å². The fourth-order valence-electron chi connectivity index (χ4n) is 3.48. The summed E-state index contributed by atoms with van der Waals surface area (Å²) in [6, 6.07) is 4.04. The van der Waals surface area contributed by atoms with Gasteiger partial charge in [0.15, 0.2) is 5.96 Å². The van der Waals surface area contributed by atoms with Crippen LogP contribution in [-0.2, 0) is 4.74 Å². The average Bonchev–Trinajstić information content (AvgIpc) is 3.36. The van der Waals surface area contributed by atoms with Crippen molar-refractivity contribution in [1.82, 2.24) is 20.9 Å². The summed E-state index contributed by atoms with van der Waals surface area (Å²) >= 11 is 0. The molecule has 1 aliphatic heterocycles. The highest BCUT2D eigenvalue weighted by molar-refractivity contribution is 14.0. The number of guanidine groups is 1. The largest absolute Gasteiger partial charge is 0.468 e. The van der Waals surface area contributed by atoms with Crippen LogP contribution < -0.4 is 16.0 Å². The Hall–Kier alpha value is -1.49. The smallest absolute Gasteiger partial charge is 0.407 e. The zero-order valence-corrected chi connectivity index (χ0v) is 22.1. The number of rotatable bonds is 8. The van der Waals surface area contributed by atoms with Crippen LogP contribution in [0.5, 0.6) is 0 Å². The first-order chi connectivity index (χ1) is 14.2. The van der Waals surface area contributed by atoms with Crippen molar-refractivity contribution >= 4 is 36.0 Å². The number of carbonyl (C=O) groups excluding carboxylic acids is 1. The van der Waals surface area contributed by atoms with Gasteiger partial charge in [0, 0.05) is 20.1 Å². The Bertz CT molecular complexity index is 667. The van der Waals surface area contributed by atoms with E-state index in [1.807, 2.05) is 32.9 Å². The van der Waals surface area contributed by atoms with Gasteiger partial charge < -0.3 is 25.1 Å². The zero-order valence-electron chi connectivity index (χ0n) is 19.7. The molecule has 31 heavy (non-hydrogen) atoms. The number of hydrogen-bond donors (Lipinski definition) is 3. The lowest BCUT2D eigenvalue weighted by molar-refractivity contribution is 0.0491. The lowest BCUT2D eigenvalue weighted by Gasteiger charge is -2.28. The van der Waals surface area contributed by atoms with E-state index in [1.165, 1.54) is 12.8 Å². The number of aliphatic imine (C=N–C) groups is 1. The first kappa shape index (κ1) is 27.5. The minimum absolute atomic E-state index is 0. The number of hydrogen-bond acceptors (Lipinski definition) is 5. The highest BCUT2D eigenvalue weighted by Crippen LogP contribution is 2.24. The summed E-state index contributed by atoms with van der Waals surface area (Å²) in [5.41, 5.74) is -0.521. The minimum Gasteiger partial charge on any atom is -0.468 e. The fourth-order valence-corrected chi connectivity index (χ4v) is 3.48. The lowest BCUT2D eigenvalue weighted by atomic mass is 10.0. The first-order valence-corrected chi connectivity index (χ1v) is 10.9. The summed E-state index contributed by atoms with van der Waals surface area (Å²) in [4.78, 5) is 18.9. The number of nitrogens with zero attached hydrogens (tertiary/aromatic N) is 2. The third kappa shape index (κ3) is 9.67. The van der Waals surface area contributed by atoms with Gasteiger partial charge in [-0.15, -0.1) is 24.0 Å². The van der Waals surface area contributed by atoms with Gasteiger partial charge in [-0.2, -0.15) is 0 Å². The minimum atomic E-state index is -0.521. The van der Waals surface area contributed by atoms with E-state index in [2.05, 4.69) is 39.7 Å². The number of amides is 1. The van der Waals surface area contributed by atoms with Gasteiger partial charge in [0.2, 0.25) is 0 Å². The summed E-state index contributed by atoms with van der Waals surface area (Å²) in [7, 11) is 1.75. The van der Waals surface area contributed by atoms with Crippen LogP contribution in [-0.4, -0.2) is 61.8 Å². The lowest BCUT2D eigenvalue weighted by Crippen LogP contribution is -2.51. The van der Waals surface area contributed by atoms with Crippen molar-refractivity contribution in [2.45, 2.75) is 65.1 Å². The molecule has 1 saturated heterocycles. The van der Waals surface area contributed by atoms with Gasteiger partial charge >= 0.3 is 6.09 Å². The van der Waals surface area contributed by atoms with E-state index >= 15 is 0 Å². The number of ether oxygens (including phenoxy) is 1. The molecule has 0 spiro atoms. The summed E-state index contributed by atoms with van der Waals surface area (Å²) in [6.45, 7) is 13.1. The standard InChI is InChI=1S/C22H39N5O3.HI/c1-16(2)17(26-21(28)30-22(3,4)5)14-24-20(23-6)25-15-18(19-10-9-13-29-19)27-11-7-8-12-27;/h9-10,13,16-18H,7-8,11-12,14-15H2,1-6H3,(H,26,28)(H2,23,24,25);1H. The molecule has 0 radical (unpaired) electrons. The summed E-state index contributed by atoms with van der Waals surface area (Å²) < 4.78 is 11.1. The second-order valence-electron chi connectivity index (χ2n) is 9.11. The van der Waals surface area contributed by atoms with Crippen molar-refractivity contribution in [3.8, 4) is 0 Å². The van der Waals surface area contributed by atoms with E-state index in [0.29, 0.717) is 19.0 Å². The zero-order chi connectivity index (χ0) is 22.1. The molecule has 1 aliphatic rings. The van der Waals surface area contributed by atoms with Crippen LogP contribution in [0, 0.1) is 5.92 Å². The Balaban J connectivity index is 0.00000480. The predicted molar refractivity (Wildman–Crippen MR) is 135 cm³/mol. The average molecular weight is 549 g/mol. The molecule has 0 aliphatic carbocycles. The summed E-state index contributed by atoms with van der Waals surface area (Å²) in [6.07, 6.45) is 3.76. The van der Waals surface area contributed by atoms with Crippen molar-refractivity contribution in [3.63, 3.8) is 0 Å². The molecule has 1 fully saturated rings. The van der Waals surface area contributed by atoms with Crippen molar-refractivity contribution in [2.24, 2.45) is 10.9 Å². The second kappa shape index (κ2) is 13.1. The normalized spacial score (nSPS) is 17.1. The van der Waals surface area contributed by atoms with Gasteiger partial charge in [-0.25, -0.2) is 4.79 Å². The number of furan rings is 1. The maximum Gasteiger partial charge on any atom is 0.407 e. The van der Waals surface area contributed by atoms with Gasteiger partial charge in [-0.1, -0.05) is 13.8 Å². The van der Waals surface area contributed by atoms with Gasteiger partial charge in [-0.3, -0.25) is 9.89 Å².